The Hall–Kier alpha value is -3.04. The van der Waals surface area contributed by atoms with Gasteiger partial charge in [0, 0.05) is 22.5 Å². The van der Waals surface area contributed by atoms with E-state index in [1.165, 1.54) is 23.9 Å². The van der Waals surface area contributed by atoms with Crippen LogP contribution in [-0.2, 0) is 10.6 Å². The third-order valence-electron chi connectivity index (χ3n) is 4.71. The van der Waals surface area contributed by atoms with Gasteiger partial charge >= 0.3 is 5.97 Å². The molecule has 3 aromatic rings. The molecule has 2 aliphatic rings. The van der Waals surface area contributed by atoms with Gasteiger partial charge in [0.05, 0.1) is 17.7 Å². The van der Waals surface area contributed by atoms with Gasteiger partial charge in [-0.15, -0.1) is 0 Å². The number of furan rings is 1. The summed E-state index contributed by atoms with van der Waals surface area (Å²) in [5, 5.41) is 1.27. The first-order chi connectivity index (χ1) is 14.6. The minimum atomic E-state index is -0.891. The Labute approximate surface area is 179 Å². The summed E-state index contributed by atoms with van der Waals surface area (Å²) in [5.41, 5.74) is 1.58. The number of amides is 2. The summed E-state index contributed by atoms with van der Waals surface area (Å²) >= 11 is 3.19. The fourth-order valence-electron chi connectivity index (χ4n) is 3.32. The fraction of sp³-hybridized carbons (Fsp3) is 0.143. The van der Waals surface area contributed by atoms with Crippen LogP contribution in [0.2, 0.25) is 0 Å². The summed E-state index contributed by atoms with van der Waals surface area (Å²) in [4.78, 5) is 47.6. The quantitative estimate of drug-likeness (QED) is 0.566. The average molecular weight is 438 g/mol. The van der Waals surface area contributed by atoms with E-state index in [1.54, 1.807) is 36.0 Å². The maximum absolute atomic E-state index is 12.9. The second-order valence-electron chi connectivity index (χ2n) is 6.52. The number of imide groups is 1. The molecule has 9 heteroatoms. The van der Waals surface area contributed by atoms with E-state index in [-0.39, 0.29) is 16.9 Å². The first kappa shape index (κ1) is 19.0. The smallest absolute Gasteiger partial charge is 0.399 e. The number of carbonyl (C=O) groups is 3. The van der Waals surface area contributed by atoms with Gasteiger partial charge in [-0.2, -0.15) is 0 Å². The Bertz CT molecular complexity index is 1200. The predicted octanol–water partition coefficient (Wildman–Crippen LogP) is 4.14. The molecule has 0 N–H and O–H groups in total. The van der Waals surface area contributed by atoms with Crippen molar-refractivity contribution < 1.29 is 23.6 Å². The third kappa shape index (κ3) is 3.20. The van der Waals surface area contributed by atoms with Crippen molar-refractivity contribution in [2.45, 2.75) is 5.75 Å². The zero-order chi connectivity index (χ0) is 20.7. The number of aliphatic imine (C=N–C) groups is 1. The van der Waals surface area contributed by atoms with Crippen LogP contribution in [0.3, 0.4) is 0 Å². The lowest BCUT2D eigenvalue weighted by atomic mass is 10.1. The Morgan fingerprint density at radius 1 is 1.10 bits per heavy atom. The van der Waals surface area contributed by atoms with Gasteiger partial charge in [0.15, 0.2) is 0 Å². The summed E-state index contributed by atoms with van der Waals surface area (Å²) in [6, 6.07) is 13.6. The molecule has 5 rings (SSSR count). The summed E-state index contributed by atoms with van der Waals surface area (Å²) in [5.74, 6) is -0.861. The fourth-order valence-corrected chi connectivity index (χ4v) is 5.36. The molecule has 0 saturated heterocycles. The zero-order valence-corrected chi connectivity index (χ0v) is 17.1. The number of carbonyl (C=O) groups excluding carboxylic acids is 3. The summed E-state index contributed by atoms with van der Waals surface area (Å²) in [7, 11) is 0. The Kier molecular flexibility index (Phi) is 4.84. The van der Waals surface area contributed by atoms with Crippen LogP contribution in [0.15, 0.2) is 57.9 Å². The molecule has 1 aromatic heterocycles. The van der Waals surface area contributed by atoms with Crippen LogP contribution < -0.4 is 0 Å². The minimum Gasteiger partial charge on any atom is -0.449 e. The van der Waals surface area contributed by atoms with Crippen LogP contribution >= 0.6 is 23.5 Å². The second-order valence-corrected chi connectivity index (χ2v) is 8.83. The molecule has 2 aliphatic heterocycles. The van der Waals surface area contributed by atoms with Crippen LogP contribution in [-0.4, -0.2) is 39.5 Å². The van der Waals surface area contributed by atoms with Crippen molar-refractivity contribution in [3.8, 4) is 0 Å². The number of hydroxylamine groups is 2. The van der Waals surface area contributed by atoms with Crippen LogP contribution in [0.4, 0.5) is 0 Å². The first-order valence-corrected chi connectivity index (χ1v) is 11.1. The molecule has 2 aromatic carbocycles. The lowest BCUT2D eigenvalue weighted by Crippen LogP contribution is -2.32. The second kappa shape index (κ2) is 7.66. The molecule has 0 bridgehead atoms. The highest BCUT2D eigenvalue weighted by atomic mass is 32.2. The molecule has 0 fully saturated rings. The Balaban J connectivity index is 1.44. The molecular weight excluding hydrogens is 424 g/mol. The predicted molar refractivity (Wildman–Crippen MR) is 115 cm³/mol. The monoisotopic (exact) mass is 438 g/mol. The number of rotatable bonds is 4. The van der Waals surface area contributed by atoms with E-state index in [1.807, 2.05) is 12.1 Å². The van der Waals surface area contributed by atoms with E-state index >= 15 is 0 Å². The van der Waals surface area contributed by atoms with Crippen LogP contribution in [0.25, 0.3) is 11.0 Å². The van der Waals surface area contributed by atoms with Crippen molar-refractivity contribution >= 4 is 56.7 Å². The van der Waals surface area contributed by atoms with Crippen molar-refractivity contribution in [3.63, 3.8) is 0 Å². The van der Waals surface area contributed by atoms with E-state index in [9.17, 15) is 14.4 Å². The van der Waals surface area contributed by atoms with Gasteiger partial charge in [-0.05, 0) is 18.2 Å². The average Bonchev–Trinajstić information content (AvgIpc) is 3.47. The lowest BCUT2D eigenvalue weighted by Gasteiger charge is -2.12. The van der Waals surface area contributed by atoms with Gasteiger partial charge in [0.2, 0.25) is 5.76 Å². The Morgan fingerprint density at radius 2 is 1.80 bits per heavy atom. The van der Waals surface area contributed by atoms with Crippen molar-refractivity contribution in [1.29, 1.82) is 0 Å². The number of hydrogen-bond donors (Lipinski definition) is 0. The van der Waals surface area contributed by atoms with Gasteiger partial charge in [0.1, 0.15) is 9.96 Å². The molecule has 150 valence electrons. The highest BCUT2D eigenvalue weighted by molar-refractivity contribution is 8.38. The first-order valence-electron chi connectivity index (χ1n) is 9.14. The van der Waals surface area contributed by atoms with Crippen LogP contribution in [0.5, 0.6) is 0 Å². The highest BCUT2D eigenvalue weighted by Gasteiger charge is 2.39. The molecule has 0 saturated carbocycles. The van der Waals surface area contributed by atoms with Crippen molar-refractivity contribution in [1.82, 2.24) is 5.06 Å². The number of fused-ring (bicyclic) bond motifs is 2. The molecular formula is C21H14N2O5S2. The number of para-hydroxylation sites is 1. The van der Waals surface area contributed by atoms with E-state index in [2.05, 4.69) is 4.99 Å². The number of benzene rings is 2. The van der Waals surface area contributed by atoms with Crippen LogP contribution in [0, 0.1) is 0 Å². The SMILES string of the molecule is O=C(ON1C(=O)c2ccccc2C1=O)c1oc2ccccc2c1CSC1=NCCS1. The zero-order valence-electron chi connectivity index (χ0n) is 15.5. The number of hydrogen-bond acceptors (Lipinski definition) is 8. The molecule has 0 aliphatic carbocycles. The van der Waals surface area contributed by atoms with Gasteiger partial charge in [-0.1, -0.05) is 58.9 Å². The van der Waals surface area contributed by atoms with Crippen molar-refractivity contribution in [3.05, 3.63) is 71.0 Å². The highest BCUT2D eigenvalue weighted by Crippen LogP contribution is 2.33. The molecule has 30 heavy (non-hydrogen) atoms. The molecule has 0 atom stereocenters. The summed E-state index contributed by atoms with van der Waals surface area (Å²) < 4.78 is 6.71. The maximum atomic E-state index is 12.9. The summed E-state index contributed by atoms with van der Waals surface area (Å²) in [6.45, 7) is 0.785. The maximum Gasteiger partial charge on any atom is 0.399 e. The molecule has 0 unspecified atom stereocenters. The molecule has 7 nitrogen and oxygen atoms in total. The largest absolute Gasteiger partial charge is 0.449 e. The van der Waals surface area contributed by atoms with E-state index in [0.29, 0.717) is 22.0 Å². The van der Waals surface area contributed by atoms with Crippen molar-refractivity contribution in [2.75, 3.05) is 12.3 Å². The molecule has 2 amide bonds. The number of nitrogens with zero attached hydrogens (tertiary/aromatic N) is 2. The van der Waals surface area contributed by atoms with Crippen LogP contribution in [0.1, 0.15) is 36.8 Å². The van der Waals surface area contributed by atoms with Gasteiger partial charge in [-0.25, -0.2) is 4.79 Å². The third-order valence-corrected chi connectivity index (χ3v) is 6.99. The van der Waals surface area contributed by atoms with Gasteiger partial charge < -0.3 is 9.25 Å². The van der Waals surface area contributed by atoms with E-state index in [0.717, 1.165) is 22.1 Å². The molecule has 0 radical (unpaired) electrons. The standard InChI is InChI=1S/C21H14N2O5S2/c24-18-13-6-1-2-7-14(13)19(25)23(18)28-20(26)17-15(11-30-21-22-9-10-29-21)12-5-3-4-8-16(12)27-17/h1-8H,9-11H2. The van der Waals surface area contributed by atoms with Gasteiger partial charge in [-0.3, -0.25) is 14.6 Å². The molecule has 0 spiro atoms. The topological polar surface area (TPSA) is 89.2 Å². The lowest BCUT2D eigenvalue weighted by molar-refractivity contribution is -0.0602. The Morgan fingerprint density at radius 3 is 2.50 bits per heavy atom. The molecule has 3 heterocycles. The van der Waals surface area contributed by atoms with Crippen molar-refractivity contribution in [2.24, 2.45) is 4.99 Å². The van der Waals surface area contributed by atoms with E-state index < -0.39 is 17.8 Å². The normalized spacial score (nSPS) is 15.6. The van der Waals surface area contributed by atoms with Gasteiger partial charge in [0.25, 0.3) is 11.8 Å². The summed E-state index contributed by atoms with van der Waals surface area (Å²) in [6.07, 6.45) is 0. The number of thioether (sulfide) groups is 2. The van der Waals surface area contributed by atoms with E-state index in [4.69, 9.17) is 9.25 Å². The minimum absolute atomic E-state index is 0.0242.